The lowest BCUT2D eigenvalue weighted by molar-refractivity contribution is -0.107. The van der Waals surface area contributed by atoms with E-state index in [-0.39, 0.29) is 0 Å². The van der Waals surface area contributed by atoms with E-state index in [2.05, 4.69) is 40.2 Å². The molecule has 0 aliphatic carbocycles. The first-order valence-electron chi connectivity index (χ1n) is 4.51. The molecule has 13 heavy (non-hydrogen) atoms. The van der Waals surface area contributed by atoms with Crippen LogP contribution in [0.5, 0.6) is 0 Å². The zero-order valence-corrected chi connectivity index (χ0v) is 9.09. The predicted octanol–water partition coefficient (Wildman–Crippen LogP) is 3.36. The highest BCUT2D eigenvalue weighted by Crippen LogP contribution is 2.12. The van der Waals surface area contributed by atoms with Crippen LogP contribution in [0.15, 0.2) is 28.7 Å². The standard InChI is InChI=1S/C11H13BrO/c12-11-7-5-10(6-8-11)4-2-1-3-9-13/h5-9H,1-4H2. The number of unbranched alkanes of at least 4 members (excludes halogenated alkanes) is 2. The average Bonchev–Trinajstić information content (AvgIpc) is 2.15. The van der Waals surface area contributed by atoms with E-state index in [1.165, 1.54) is 5.56 Å². The molecule has 1 nitrogen and oxygen atoms in total. The summed E-state index contributed by atoms with van der Waals surface area (Å²) in [7, 11) is 0. The monoisotopic (exact) mass is 240 g/mol. The summed E-state index contributed by atoms with van der Waals surface area (Å²) in [4.78, 5) is 10.1. The maximum atomic E-state index is 10.1. The molecular formula is C11H13BrO. The molecule has 1 aromatic carbocycles. The quantitative estimate of drug-likeness (QED) is 0.570. The highest BCUT2D eigenvalue weighted by Gasteiger charge is 1.93. The fourth-order valence-electron chi connectivity index (χ4n) is 1.21. The molecule has 0 aliphatic rings. The Morgan fingerprint density at radius 3 is 2.46 bits per heavy atom. The fourth-order valence-corrected chi connectivity index (χ4v) is 1.47. The van der Waals surface area contributed by atoms with Gasteiger partial charge in [0.2, 0.25) is 0 Å². The fraction of sp³-hybridized carbons (Fsp3) is 0.364. The van der Waals surface area contributed by atoms with Crippen molar-refractivity contribution in [2.75, 3.05) is 0 Å². The molecule has 0 heterocycles. The lowest BCUT2D eigenvalue weighted by atomic mass is 10.1. The number of rotatable bonds is 5. The van der Waals surface area contributed by atoms with Gasteiger partial charge in [0, 0.05) is 10.9 Å². The first-order valence-corrected chi connectivity index (χ1v) is 5.30. The van der Waals surface area contributed by atoms with Gasteiger partial charge < -0.3 is 4.79 Å². The highest BCUT2D eigenvalue weighted by molar-refractivity contribution is 9.10. The van der Waals surface area contributed by atoms with Crippen LogP contribution in [-0.4, -0.2) is 6.29 Å². The molecule has 0 fully saturated rings. The van der Waals surface area contributed by atoms with Crippen molar-refractivity contribution in [3.05, 3.63) is 34.3 Å². The van der Waals surface area contributed by atoms with E-state index >= 15 is 0 Å². The Morgan fingerprint density at radius 2 is 1.85 bits per heavy atom. The SMILES string of the molecule is O=CCCCCc1ccc(Br)cc1. The van der Waals surface area contributed by atoms with Gasteiger partial charge in [-0.25, -0.2) is 0 Å². The zero-order chi connectivity index (χ0) is 9.52. The van der Waals surface area contributed by atoms with Crippen LogP contribution in [0.25, 0.3) is 0 Å². The molecule has 0 N–H and O–H groups in total. The number of hydrogen-bond donors (Lipinski definition) is 0. The van der Waals surface area contributed by atoms with E-state index < -0.39 is 0 Å². The third-order valence-electron chi connectivity index (χ3n) is 1.95. The predicted molar refractivity (Wildman–Crippen MR) is 57.8 cm³/mol. The molecule has 2 heteroatoms. The van der Waals surface area contributed by atoms with Crippen molar-refractivity contribution in [2.45, 2.75) is 25.7 Å². The summed E-state index contributed by atoms with van der Waals surface area (Å²) in [5, 5.41) is 0. The van der Waals surface area contributed by atoms with Crippen molar-refractivity contribution in [3.8, 4) is 0 Å². The molecule has 1 rings (SSSR count). The van der Waals surface area contributed by atoms with Gasteiger partial charge in [0.1, 0.15) is 6.29 Å². The van der Waals surface area contributed by atoms with E-state index in [0.717, 1.165) is 30.0 Å². The van der Waals surface area contributed by atoms with Crippen LogP contribution >= 0.6 is 15.9 Å². The summed E-state index contributed by atoms with van der Waals surface area (Å²) in [5.74, 6) is 0. The Labute approximate surface area is 87.3 Å². The Balaban J connectivity index is 2.28. The molecule has 0 saturated heterocycles. The van der Waals surface area contributed by atoms with E-state index in [1.807, 2.05) is 0 Å². The maximum Gasteiger partial charge on any atom is 0.119 e. The average molecular weight is 241 g/mol. The van der Waals surface area contributed by atoms with Gasteiger partial charge in [-0.05, 0) is 37.0 Å². The summed E-state index contributed by atoms with van der Waals surface area (Å²) in [5.41, 5.74) is 1.34. The molecule has 70 valence electrons. The van der Waals surface area contributed by atoms with Crippen LogP contribution in [0.4, 0.5) is 0 Å². The first kappa shape index (κ1) is 10.5. The molecule has 0 spiro atoms. The second-order valence-electron chi connectivity index (χ2n) is 3.04. The summed E-state index contributed by atoms with van der Waals surface area (Å²) in [6.45, 7) is 0. The van der Waals surface area contributed by atoms with Gasteiger partial charge in [-0.1, -0.05) is 28.1 Å². The minimum Gasteiger partial charge on any atom is -0.303 e. The molecule has 0 atom stereocenters. The van der Waals surface area contributed by atoms with E-state index in [9.17, 15) is 4.79 Å². The first-order chi connectivity index (χ1) is 6.33. The van der Waals surface area contributed by atoms with Crippen LogP contribution in [0, 0.1) is 0 Å². The van der Waals surface area contributed by atoms with Gasteiger partial charge in [-0.15, -0.1) is 0 Å². The Morgan fingerprint density at radius 1 is 1.15 bits per heavy atom. The zero-order valence-electron chi connectivity index (χ0n) is 7.50. The van der Waals surface area contributed by atoms with Crippen LogP contribution in [0.1, 0.15) is 24.8 Å². The summed E-state index contributed by atoms with van der Waals surface area (Å²) in [6, 6.07) is 8.33. The van der Waals surface area contributed by atoms with E-state index in [1.54, 1.807) is 0 Å². The van der Waals surface area contributed by atoms with Crippen LogP contribution < -0.4 is 0 Å². The van der Waals surface area contributed by atoms with Crippen molar-refractivity contribution in [3.63, 3.8) is 0 Å². The molecule has 0 unspecified atom stereocenters. The van der Waals surface area contributed by atoms with Crippen LogP contribution in [0.2, 0.25) is 0 Å². The number of aldehydes is 1. The Kier molecular flexibility index (Phi) is 4.76. The second kappa shape index (κ2) is 5.92. The van der Waals surface area contributed by atoms with Gasteiger partial charge in [0.05, 0.1) is 0 Å². The van der Waals surface area contributed by atoms with Gasteiger partial charge in [0.15, 0.2) is 0 Å². The largest absolute Gasteiger partial charge is 0.303 e. The summed E-state index contributed by atoms with van der Waals surface area (Å²) in [6.07, 6.45) is 4.85. The number of hydrogen-bond acceptors (Lipinski definition) is 1. The van der Waals surface area contributed by atoms with Crippen molar-refractivity contribution in [2.24, 2.45) is 0 Å². The van der Waals surface area contributed by atoms with E-state index in [4.69, 9.17) is 0 Å². The minimum atomic E-state index is 0.691. The molecule has 0 amide bonds. The van der Waals surface area contributed by atoms with Crippen molar-refractivity contribution in [1.82, 2.24) is 0 Å². The highest BCUT2D eigenvalue weighted by atomic mass is 79.9. The lowest BCUT2D eigenvalue weighted by Gasteiger charge is -1.99. The van der Waals surface area contributed by atoms with Gasteiger partial charge >= 0.3 is 0 Å². The molecule has 0 aliphatic heterocycles. The molecule has 0 bridgehead atoms. The number of halogens is 1. The molecule has 0 aromatic heterocycles. The van der Waals surface area contributed by atoms with Gasteiger partial charge in [0.25, 0.3) is 0 Å². The second-order valence-corrected chi connectivity index (χ2v) is 3.95. The summed E-state index contributed by atoms with van der Waals surface area (Å²) < 4.78 is 1.11. The molecular weight excluding hydrogens is 228 g/mol. The van der Waals surface area contributed by atoms with Crippen molar-refractivity contribution >= 4 is 22.2 Å². The molecule has 0 saturated carbocycles. The Hall–Kier alpha value is -0.630. The van der Waals surface area contributed by atoms with Crippen molar-refractivity contribution < 1.29 is 4.79 Å². The number of benzene rings is 1. The molecule has 1 aromatic rings. The minimum absolute atomic E-state index is 0.691. The van der Waals surface area contributed by atoms with E-state index in [0.29, 0.717) is 6.42 Å². The lowest BCUT2D eigenvalue weighted by Crippen LogP contribution is -1.85. The van der Waals surface area contributed by atoms with Crippen LogP contribution in [0.3, 0.4) is 0 Å². The number of carbonyl (C=O) groups is 1. The Bertz CT molecular complexity index is 253. The third-order valence-corrected chi connectivity index (χ3v) is 2.48. The van der Waals surface area contributed by atoms with Crippen molar-refractivity contribution in [1.29, 1.82) is 0 Å². The van der Waals surface area contributed by atoms with Gasteiger partial charge in [-0.3, -0.25) is 0 Å². The molecule has 0 radical (unpaired) electrons. The maximum absolute atomic E-state index is 10.1. The third kappa shape index (κ3) is 4.23. The number of aryl methyl sites for hydroxylation is 1. The topological polar surface area (TPSA) is 17.1 Å². The number of carbonyl (C=O) groups excluding carboxylic acids is 1. The smallest absolute Gasteiger partial charge is 0.119 e. The summed E-state index contributed by atoms with van der Waals surface area (Å²) >= 11 is 3.39. The van der Waals surface area contributed by atoms with Crippen LogP contribution in [-0.2, 0) is 11.2 Å². The van der Waals surface area contributed by atoms with Gasteiger partial charge in [-0.2, -0.15) is 0 Å². The normalized spacial score (nSPS) is 9.92.